The Kier molecular flexibility index (Phi) is 6.52. The number of allylic oxidation sites excluding steroid dienone is 4. The molecule has 1 heteroatoms. The van der Waals surface area contributed by atoms with Crippen LogP contribution >= 0.6 is 0 Å². The Hall–Kier alpha value is -5.24. The van der Waals surface area contributed by atoms with Gasteiger partial charge in [-0.2, -0.15) is 0 Å². The molecule has 1 heterocycles. The van der Waals surface area contributed by atoms with Crippen LogP contribution in [0.3, 0.4) is 0 Å². The molecule has 1 atom stereocenters. The van der Waals surface area contributed by atoms with Crippen LogP contribution in [0.25, 0.3) is 71.6 Å². The van der Waals surface area contributed by atoms with Crippen molar-refractivity contribution in [3.05, 3.63) is 167 Å². The van der Waals surface area contributed by atoms with E-state index >= 15 is 0 Å². The maximum absolute atomic E-state index is 2.63. The van der Waals surface area contributed by atoms with Crippen molar-refractivity contribution in [2.75, 3.05) is 0 Å². The molecule has 0 bridgehead atoms. The lowest BCUT2D eigenvalue weighted by Crippen LogP contribution is -2.42. The first-order chi connectivity index (χ1) is 24.7. The van der Waals surface area contributed by atoms with E-state index in [9.17, 15) is 0 Å². The van der Waals surface area contributed by atoms with E-state index < -0.39 is 8.07 Å². The predicted molar refractivity (Wildman–Crippen MR) is 222 cm³/mol. The molecular formula is C50H42Si. The third kappa shape index (κ3) is 4.37. The van der Waals surface area contributed by atoms with E-state index in [-0.39, 0.29) is 5.41 Å². The molecule has 3 aliphatic rings. The van der Waals surface area contributed by atoms with Crippen LogP contribution in [0.15, 0.2) is 151 Å². The molecule has 1 unspecified atom stereocenters. The maximum atomic E-state index is 2.63. The Morgan fingerprint density at radius 3 is 1.86 bits per heavy atom. The van der Waals surface area contributed by atoms with Crippen LogP contribution in [-0.2, 0) is 5.41 Å². The lowest BCUT2D eigenvalue weighted by Gasteiger charge is -2.26. The van der Waals surface area contributed by atoms with Gasteiger partial charge in [0.25, 0.3) is 0 Å². The summed E-state index contributed by atoms with van der Waals surface area (Å²) >= 11 is 0. The van der Waals surface area contributed by atoms with Crippen LogP contribution < -0.4 is 5.19 Å². The molecule has 0 spiro atoms. The van der Waals surface area contributed by atoms with Gasteiger partial charge in [0.15, 0.2) is 0 Å². The van der Waals surface area contributed by atoms with Crippen LogP contribution in [0.2, 0.25) is 13.1 Å². The molecule has 1 aliphatic heterocycles. The first-order valence-corrected chi connectivity index (χ1v) is 21.6. The second-order valence-electron chi connectivity index (χ2n) is 16.2. The van der Waals surface area contributed by atoms with Gasteiger partial charge in [0.05, 0.1) is 0 Å². The summed E-state index contributed by atoms with van der Waals surface area (Å²) in [6.07, 6.45) is 6.05. The SMILES string of the molecule is CC1C=CC2=C(C1)[Si](C)(C)c1cc3c(-c4ccccc4)c4cc(-c5ccc6c(c5)C(C)(C)c5ccccc5-6)ccc4c(-c4ccccc4)c3cc12. The van der Waals surface area contributed by atoms with Gasteiger partial charge >= 0.3 is 0 Å². The van der Waals surface area contributed by atoms with E-state index in [2.05, 4.69) is 179 Å². The largest absolute Gasteiger partial charge is 0.109 e. The van der Waals surface area contributed by atoms with Crippen LogP contribution in [0, 0.1) is 5.92 Å². The highest BCUT2D eigenvalue weighted by Gasteiger charge is 2.41. The lowest BCUT2D eigenvalue weighted by atomic mass is 9.81. The number of hydrogen-bond acceptors (Lipinski definition) is 0. The highest BCUT2D eigenvalue weighted by Crippen LogP contribution is 2.51. The summed E-state index contributed by atoms with van der Waals surface area (Å²) in [5.41, 5.74) is 16.3. The van der Waals surface area contributed by atoms with Crippen molar-refractivity contribution in [2.45, 2.75) is 45.7 Å². The minimum absolute atomic E-state index is 0.0398. The van der Waals surface area contributed by atoms with Crippen molar-refractivity contribution in [3.8, 4) is 44.5 Å². The summed E-state index contributed by atoms with van der Waals surface area (Å²) in [5.74, 6) is 0.596. The third-order valence-corrected chi connectivity index (χ3v) is 16.2. The molecule has 0 saturated carbocycles. The monoisotopic (exact) mass is 670 g/mol. The molecular weight excluding hydrogens is 629 g/mol. The van der Waals surface area contributed by atoms with E-state index in [0.29, 0.717) is 5.92 Å². The van der Waals surface area contributed by atoms with Gasteiger partial charge in [-0.05, 0) is 124 Å². The van der Waals surface area contributed by atoms with E-state index in [0.717, 1.165) is 0 Å². The number of fused-ring (bicyclic) bond motifs is 7. The highest BCUT2D eigenvalue weighted by molar-refractivity contribution is 6.98. The van der Waals surface area contributed by atoms with Gasteiger partial charge in [0, 0.05) is 5.41 Å². The summed E-state index contributed by atoms with van der Waals surface area (Å²) in [7, 11) is -1.86. The molecule has 0 amide bonds. The Bertz CT molecular complexity index is 2650. The summed E-state index contributed by atoms with van der Waals surface area (Å²) < 4.78 is 0. The van der Waals surface area contributed by atoms with Crippen molar-refractivity contribution in [1.82, 2.24) is 0 Å². The minimum Gasteiger partial charge on any atom is -0.0808 e. The lowest BCUT2D eigenvalue weighted by molar-refractivity contribution is 0.660. The average molecular weight is 671 g/mol. The summed E-state index contributed by atoms with van der Waals surface area (Å²) in [6, 6.07) is 50.8. The van der Waals surface area contributed by atoms with Crippen LogP contribution in [-0.4, -0.2) is 8.07 Å². The predicted octanol–water partition coefficient (Wildman–Crippen LogP) is 13.1. The van der Waals surface area contributed by atoms with Gasteiger partial charge in [0.1, 0.15) is 8.07 Å². The standard InChI is InChI=1S/C50H42Si/c1-31-20-23-38-40-29-42-43(30-47(40)51(4,5)46(38)26-31)49(33-16-10-7-11-17-33)41-27-34(22-25-39(41)48(42)32-14-8-6-9-15-32)35-21-24-37-36-18-12-13-19-44(36)50(2,3)45(37)28-35/h6-25,27-31H,26H2,1-5H3. The maximum Gasteiger partial charge on any atom is 0.109 e. The Morgan fingerprint density at radius 2 is 1.12 bits per heavy atom. The number of rotatable bonds is 3. The fourth-order valence-corrected chi connectivity index (χ4v) is 13.2. The molecule has 0 N–H and O–H groups in total. The molecule has 51 heavy (non-hydrogen) atoms. The summed E-state index contributed by atoms with van der Waals surface area (Å²) in [6.45, 7) is 12.3. The van der Waals surface area contributed by atoms with E-state index in [1.165, 1.54) is 94.7 Å². The first kappa shape index (κ1) is 30.6. The quantitative estimate of drug-likeness (QED) is 0.130. The Labute approximate surface area is 302 Å². The summed E-state index contributed by atoms with van der Waals surface area (Å²) in [5, 5.41) is 8.65. The van der Waals surface area contributed by atoms with Crippen LogP contribution in [0.1, 0.15) is 43.9 Å². The molecule has 7 aromatic carbocycles. The molecule has 0 fully saturated rings. The molecule has 0 radical (unpaired) electrons. The van der Waals surface area contributed by atoms with Crippen LogP contribution in [0.4, 0.5) is 0 Å². The topological polar surface area (TPSA) is 0 Å². The van der Waals surface area contributed by atoms with Crippen LogP contribution in [0.5, 0.6) is 0 Å². The number of benzene rings is 7. The first-order valence-electron chi connectivity index (χ1n) is 18.6. The highest BCUT2D eigenvalue weighted by atomic mass is 28.3. The van der Waals surface area contributed by atoms with E-state index in [1.54, 1.807) is 10.4 Å². The van der Waals surface area contributed by atoms with Gasteiger partial charge in [-0.1, -0.05) is 166 Å². The molecule has 7 aromatic rings. The van der Waals surface area contributed by atoms with Crippen molar-refractivity contribution in [2.24, 2.45) is 5.92 Å². The average Bonchev–Trinajstić information content (AvgIpc) is 3.51. The van der Waals surface area contributed by atoms with Crippen molar-refractivity contribution in [1.29, 1.82) is 0 Å². The zero-order valence-electron chi connectivity index (χ0n) is 30.1. The molecule has 0 saturated heterocycles. The molecule has 10 rings (SSSR count). The zero-order chi connectivity index (χ0) is 34.6. The minimum atomic E-state index is -1.86. The van der Waals surface area contributed by atoms with Gasteiger partial charge in [0.2, 0.25) is 0 Å². The fraction of sp³-hybridized carbons (Fsp3) is 0.160. The van der Waals surface area contributed by atoms with Crippen molar-refractivity contribution >= 4 is 40.4 Å². The van der Waals surface area contributed by atoms with E-state index in [1.807, 2.05) is 0 Å². The fourth-order valence-electron chi connectivity index (χ4n) is 9.78. The van der Waals surface area contributed by atoms with Gasteiger partial charge in [-0.25, -0.2) is 0 Å². The van der Waals surface area contributed by atoms with Gasteiger partial charge < -0.3 is 0 Å². The zero-order valence-corrected chi connectivity index (χ0v) is 31.1. The third-order valence-electron chi connectivity index (χ3n) is 12.5. The van der Waals surface area contributed by atoms with Gasteiger partial charge in [-0.15, -0.1) is 0 Å². The Morgan fingerprint density at radius 1 is 0.529 bits per heavy atom. The van der Waals surface area contributed by atoms with E-state index in [4.69, 9.17) is 0 Å². The smallest absolute Gasteiger partial charge is 0.0808 e. The normalized spacial score (nSPS) is 17.8. The Balaban J connectivity index is 1.29. The molecule has 0 nitrogen and oxygen atoms in total. The molecule has 0 aromatic heterocycles. The second kappa shape index (κ2) is 10.9. The second-order valence-corrected chi connectivity index (χ2v) is 20.6. The van der Waals surface area contributed by atoms with Crippen molar-refractivity contribution in [3.63, 3.8) is 0 Å². The van der Waals surface area contributed by atoms with Gasteiger partial charge in [-0.3, -0.25) is 0 Å². The molecule has 2 aliphatic carbocycles. The molecule has 246 valence electrons. The number of hydrogen-bond donors (Lipinski definition) is 0. The van der Waals surface area contributed by atoms with Crippen molar-refractivity contribution < 1.29 is 0 Å². The summed E-state index contributed by atoms with van der Waals surface area (Å²) in [4.78, 5) is 0.